The third-order valence-corrected chi connectivity index (χ3v) is 4.05. The van der Waals surface area contributed by atoms with Crippen molar-refractivity contribution in [2.75, 3.05) is 0 Å². The third-order valence-electron chi connectivity index (χ3n) is 3.61. The molecule has 0 aromatic heterocycles. The topological polar surface area (TPSA) is 12.0 Å². The fourth-order valence-corrected chi connectivity index (χ4v) is 3.52. The van der Waals surface area contributed by atoms with Crippen molar-refractivity contribution < 1.29 is 0 Å². The third kappa shape index (κ3) is 1.77. The quantitative estimate of drug-likeness (QED) is 0.793. The van der Waals surface area contributed by atoms with Gasteiger partial charge in [0.05, 0.1) is 0 Å². The van der Waals surface area contributed by atoms with Gasteiger partial charge in [0.15, 0.2) is 0 Å². The maximum Gasteiger partial charge on any atom is 0.0423 e. The first-order valence-electron chi connectivity index (χ1n) is 5.44. The van der Waals surface area contributed by atoms with Crippen LogP contribution in [0.3, 0.4) is 0 Å². The van der Waals surface area contributed by atoms with Gasteiger partial charge in [-0.2, -0.15) is 0 Å². The highest BCUT2D eigenvalue weighted by Gasteiger charge is 2.39. The van der Waals surface area contributed by atoms with Gasteiger partial charge in [-0.3, -0.25) is 0 Å². The molecule has 0 aliphatic carbocycles. The molecule has 1 aromatic rings. The minimum atomic E-state index is 0.611. The largest absolute Gasteiger partial charge is 0.311 e. The van der Waals surface area contributed by atoms with Crippen molar-refractivity contribution in [3.05, 3.63) is 33.8 Å². The molecule has 0 radical (unpaired) electrons. The summed E-state index contributed by atoms with van der Waals surface area (Å²) in [6.07, 6.45) is 3.86. The van der Waals surface area contributed by atoms with Gasteiger partial charge >= 0.3 is 0 Å². The molecule has 0 spiro atoms. The lowest BCUT2D eigenvalue weighted by atomic mass is 9.84. The summed E-state index contributed by atoms with van der Waals surface area (Å²) >= 11 is 12.1. The van der Waals surface area contributed by atoms with E-state index in [1.165, 1.54) is 24.8 Å². The van der Waals surface area contributed by atoms with E-state index in [1.54, 1.807) is 6.07 Å². The maximum atomic E-state index is 6.03. The molecule has 80 valence electrons. The first kappa shape index (κ1) is 9.95. The molecule has 2 aliphatic heterocycles. The second-order valence-electron chi connectivity index (χ2n) is 4.59. The Labute approximate surface area is 99.8 Å². The predicted octanol–water partition coefficient (Wildman–Crippen LogP) is 3.60. The van der Waals surface area contributed by atoms with Gasteiger partial charge < -0.3 is 5.32 Å². The van der Waals surface area contributed by atoms with Gasteiger partial charge in [-0.25, -0.2) is 0 Å². The van der Waals surface area contributed by atoms with Gasteiger partial charge in [0, 0.05) is 28.0 Å². The lowest BCUT2D eigenvalue weighted by molar-refractivity contribution is 0.506. The first-order chi connectivity index (χ1) is 7.22. The normalized spacial score (nSPS) is 33.6. The highest BCUT2D eigenvalue weighted by molar-refractivity contribution is 6.34. The van der Waals surface area contributed by atoms with E-state index in [0.29, 0.717) is 12.0 Å². The second kappa shape index (κ2) is 3.65. The van der Waals surface area contributed by atoms with Crippen LogP contribution in [0.15, 0.2) is 18.2 Å². The van der Waals surface area contributed by atoms with E-state index in [9.17, 15) is 0 Å². The fraction of sp³-hybridized carbons (Fsp3) is 0.500. The van der Waals surface area contributed by atoms with E-state index in [4.69, 9.17) is 23.2 Å². The van der Waals surface area contributed by atoms with Gasteiger partial charge in [0.25, 0.3) is 0 Å². The Morgan fingerprint density at radius 3 is 2.33 bits per heavy atom. The standard InChI is InChI=1S/C12H13Cl2N/c13-8-3-7(4-9(14)5-8)11-6-10-1-2-12(11)15-10/h3-5,10-12,15H,1-2,6H2. The van der Waals surface area contributed by atoms with Crippen LogP contribution in [0.5, 0.6) is 0 Å². The lowest BCUT2D eigenvalue weighted by Gasteiger charge is -2.20. The van der Waals surface area contributed by atoms with Crippen LogP contribution in [0.1, 0.15) is 30.7 Å². The van der Waals surface area contributed by atoms with Crippen molar-refractivity contribution in [1.82, 2.24) is 5.32 Å². The van der Waals surface area contributed by atoms with Gasteiger partial charge in [-0.05, 0) is 43.0 Å². The summed E-state index contributed by atoms with van der Waals surface area (Å²) < 4.78 is 0. The van der Waals surface area contributed by atoms with Crippen molar-refractivity contribution in [3.63, 3.8) is 0 Å². The van der Waals surface area contributed by atoms with E-state index in [-0.39, 0.29) is 0 Å². The van der Waals surface area contributed by atoms with Crippen LogP contribution in [0.25, 0.3) is 0 Å². The molecule has 1 nitrogen and oxygen atoms in total. The minimum Gasteiger partial charge on any atom is -0.311 e. The molecule has 1 aromatic carbocycles. The smallest absolute Gasteiger partial charge is 0.0423 e. The van der Waals surface area contributed by atoms with Gasteiger partial charge in [0.1, 0.15) is 0 Å². The summed E-state index contributed by atoms with van der Waals surface area (Å²) in [6, 6.07) is 7.27. The lowest BCUT2D eigenvalue weighted by Crippen LogP contribution is -2.21. The average molecular weight is 242 g/mol. The summed E-state index contributed by atoms with van der Waals surface area (Å²) in [7, 11) is 0. The van der Waals surface area contributed by atoms with Gasteiger partial charge in [-0.15, -0.1) is 0 Å². The second-order valence-corrected chi connectivity index (χ2v) is 5.47. The summed E-state index contributed by atoms with van der Waals surface area (Å²) in [5, 5.41) is 5.13. The zero-order valence-electron chi connectivity index (χ0n) is 8.34. The summed E-state index contributed by atoms with van der Waals surface area (Å²) in [6.45, 7) is 0. The van der Waals surface area contributed by atoms with Crippen LogP contribution in [-0.4, -0.2) is 12.1 Å². The molecule has 3 unspecified atom stereocenters. The highest BCUT2D eigenvalue weighted by atomic mass is 35.5. The van der Waals surface area contributed by atoms with Crippen molar-refractivity contribution in [2.24, 2.45) is 0 Å². The number of nitrogens with one attached hydrogen (secondary N) is 1. The summed E-state index contributed by atoms with van der Waals surface area (Å²) in [5.74, 6) is 0.611. The molecule has 2 saturated heterocycles. The van der Waals surface area contributed by atoms with Crippen molar-refractivity contribution >= 4 is 23.2 Å². The van der Waals surface area contributed by atoms with E-state index in [2.05, 4.69) is 17.4 Å². The Hall–Kier alpha value is -0.240. The number of rotatable bonds is 1. The molecule has 0 amide bonds. The van der Waals surface area contributed by atoms with E-state index < -0.39 is 0 Å². The molecule has 15 heavy (non-hydrogen) atoms. The Morgan fingerprint density at radius 1 is 1.07 bits per heavy atom. The Balaban J connectivity index is 1.93. The van der Waals surface area contributed by atoms with E-state index >= 15 is 0 Å². The Kier molecular flexibility index (Phi) is 2.42. The monoisotopic (exact) mass is 241 g/mol. The highest BCUT2D eigenvalue weighted by Crippen LogP contribution is 2.41. The van der Waals surface area contributed by atoms with E-state index in [1.807, 2.05) is 0 Å². The SMILES string of the molecule is Clc1cc(Cl)cc(C2CC3CCC2N3)c1. The molecular formula is C12H13Cl2N. The molecule has 2 aliphatic rings. The minimum absolute atomic E-state index is 0.611. The average Bonchev–Trinajstić information content (AvgIpc) is 2.76. The van der Waals surface area contributed by atoms with Crippen LogP contribution < -0.4 is 5.32 Å². The Morgan fingerprint density at radius 2 is 1.80 bits per heavy atom. The zero-order chi connectivity index (χ0) is 10.4. The van der Waals surface area contributed by atoms with Crippen LogP contribution >= 0.6 is 23.2 Å². The van der Waals surface area contributed by atoms with Gasteiger partial charge in [0.2, 0.25) is 0 Å². The molecule has 2 heterocycles. The number of benzene rings is 1. The number of hydrogen-bond acceptors (Lipinski definition) is 1. The molecule has 3 atom stereocenters. The van der Waals surface area contributed by atoms with Crippen molar-refractivity contribution in [3.8, 4) is 0 Å². The summed E-state index contributed by atoms with van der Waals surface area (Å²) in [4.78, 5) is 0. The predicted molar refractivity (Wildman–Crippen MR) is 63.8 cm³/mol. The van der Waals surface area contributed by atoms with Crippen molar-refractivity contribution in [1.29, 1.82) is 0 Å². The fourth-order valence-electron chi connectivity index (χ4n) is 2.98. The molecule has 2 bridgehead atoms. The Bertz CT molecular complexity index is 371. The zero-order valence-corrected chi connectivity index (χ0v) is 9.85. The molecule has 1 N–H and O–H groups in total. The maximum absolute atomic E-state index is 6.03. The molecule has 2 fully saturated rings. The van der Waals surface area contributed by atoms with Crippen LogP contribution in [-0.2, 0) is 0 Å². The number of fused-ring (bicyclic) bond motifs is 2. The van der Waals surface area contributed by atoms with Crippen LogP contribution in [0.2, 0.25) is 10.0 Å². The van der Waals surface area contributed by atoms with Crippen molar-refractivity contribution in [2.45, 2.75) is 37.3 Å². The van der Waals surface area contributed by atoms with Gasteiger partial charge in [-0.1, -0.05) is 23.2 Å². The molecule has 3 rings (SSSR count). The molecular weight excluding hydrogens is 229 g/mol. The first-order valence-corrected chi connectivity index (χ1v) is 6.20. The van der Waals surface area contributed by atoms with Crippen LogP contribution in [0, 0.1) is 0 Å². The summed E-state index contributed by atoms with van der Waals surface area (Å²) in [5.41, 5.74) is 1.30. The van der Waals surface area contributed by atoms with Crippen LogP contribution in [0.4, 0.5) is 0 Å². The van der Waals surface area contributed by atoms with E-state index in [0.717, 1.165) is 16.1 Å². The molecule has 3 heteroatoms. The number of halogens is 2. The number of hydrogen-bond donors (Lipinski definition) is 1. The molecule has 0 saturated carbocycles.